The monoisotopic (exact) mass is 198 g/mol. The zero-order chi connectivity index (χ0) is 10.4. The van der Waals surface area contributed by atoms with E-state index in [-0.39, 0.29) is 0 Å². The van der Waals surface area contributed by atoms with Crippen molar-refractivity contribution in [3.05, 3.63) is 0 Å². The lowest BCUT2D eigenvalue weighted by Crippen LogP contribution is -2.29. The molecule has 1 aliphatic carbocycles. The van der Waals surface area contributed by atoms with E-state index in [1.807, 2.05) is 0 Å². The Bertz CT molecular complexity index is 143. The van der Waals surface area contributed by atoms with Crippen molar-refractivity contribution in [1.29, 1.82) is 0 Å². The van der Waals surface area contributed by atoms with Gasteiger partial charge < -0.3 is 11.1 Å². The largest absolute Gasteiger partial charge is 0.330 e. The van der Waals surface area contributed by atoms with Gasteiger partial charge in [-0.25, -0.2) is 0 Å². The van der Waals surface area contributed by atoms with Crippen molar-refractivity contribution in [2.24, 2.45) is 17.6 Å². The molecule has 0 amide bonds. The molecule has 0 spiro atoms. The average molecular weight is 198 g/mol. The summed E-state index contributed by atoms with van der Waals surface area (Å²) < 4.78 is 0. The van der Waals surface area contributed by atoms with Gasteiger partial charge in [0, 0.05) is 6.04 Å². The van der Waals surface area contributed by atoms with E-state index in [1.165, 1.54) is 32.1 Å². The molecule has 1 saturated carbocycles. The predicted octanol–water partition coefficient (Wildman–Crippen LogP) is 2.14. The Hall–Kier alpha value is -0.0800. The van der Waals surface area contributed by atoms with E-state index in [0.717, 1.165) is 31.0 Å². The minimum Gasteiger partial charge on any atom is -0.330 e. The summed E-state index contributed by atoms with van der Waals surface area (Å²) in [6.07, 6.45) is 6.63. The number of nitrogens with one attached hydrogen (secondary N) is 1. The Morgan fingerprint density at radius 3 is 2.71 bits per heavy atom. The van der Waals surface area contributed by atoms with Crippen molar-refractivity contribution in [3.8, 4) is 0 Å². The van der Waals surface area contributed by atoms with E-state index in [1.54, 1.807) is 0 Å². The van der Waals surface area contributed by atoms with E-state index in [4.69, 9.17) is 5.73 Å². The Morgan fingerprint density at radius 2 is 2.21 bits per heavy atom. The van der Waals surface area contributed by atoms with E-state index >= 15 is 0 Å². The number of nitrogens with two attached hydrogens (primary N) is 1. The lowest BCUT2D eigenvalue weighted by Gasteiger charge is -2.16. The van der Waals surface area contributed by atoms with Crippen LogP contribution in [-0.2, 0) is 0 Å². The summed E-state index contributed by atoms with van der Waals surface area (Å²) in [5, 5.41) is 3.66. The first kappa shape index (κ1) is 12.0. The lowest BCUT2D eigenvalue weighted by molar-refractivity contribution is 0.426. The molecule has 84 valence electrons. The van der Waals surface area contributed by atoms with Crippen LogP contribution in [0.2, 0.25) is 0 Å². The van der Waals surface area contributed by atoms with Crippen LogP contribution in [0.5, 0.6) is 0 Å². The normalized spacial score (nSPS) is 29.4. The standard InChI is InChI=1S/C12H26N2/c1-3-11(9-13)6-7-14-12-5-4-10(2)8-12/h10-12,14H,3-9,13H2,1-2H3. The molecule has 1 aliphatic rings. The molecule has 3 N–H and O–H groups in total. The first-order valence-corrected chi connectivity index (χ1v) is 6.19. The topological polar surface area (TPSA) is 38.0 Å². The minimum atomic E-state index is 0.723. The first-order chi connectivity index (χ1) is 6.76. The third-order valence-electron chi connectivity index (χ3n) is 3.59. The Morgan fingerprint density at radius 1 is 1.43 bits per heavy atom. The summed E-state index contributed by atoms with van der Waals surface area (Å²) in [6.45, 7) is 6.60. The van der Waals surface area contributed by atoms with Crippen LogP contribution in [0.1, 0.15) is 46.0 Å². The van der Waals surface area contributed by atoms with Gasteiger partial charge in [0.05, 0.1) is 0 Å². The van der Waals surface area contributed by atoms with Crippen LogP contribution in [0.4, 0.5) is 0 Å². The zero-order valence-electron chi connectivity index (χ0n) is 9.76. The van der Waals surface area contributed by atoms with Gasteiger partial charge in [-0.05, 0) is 50.6 Å². The molecule has 1 rings (SSSR count). The Labute approximate surface area is 88.6 Å². The van der Waals surface area contributed by atoms with Crippen molar-refractivity contribution in [2.75, 3.05) is 13.1 Å². The van der Waals surface area contributed by atoms with Crippen LogP contribution in [-0.4, -0.2) is 19.1 Å². The van der Waals surface area contributed by atoms with Crippen LogP contribution in [0, 0.1) is 11.8 Å². The van der Waals surface area contributed by atoms with Crippen LogP contribution in [0.15, 0.2) is 0 Å². The summed E-state index contributed by atoms with van der Waals surface area (Å²) in [5.41, 5.74) is 5.67. The molecule has 0 aromatic rings. The van der Waals surface area contributed by atoms with Gasteiger partial charge in [0.15, 0.2) is 0 Å². The molecule has 0 aliphatic heterocycles. The van der Waals surface area contributed by atoms with Gasteiger partial charge in [-0.3, -0.25) is 0 Å². The van der Waals surface area contributed by atoms with Gasteiger partial charge in [-0.2, -0.15) is 0 Å². The zero-order valence-corrected chi connectivity index (χ0v) is 9.76. The highest BCUT2D eigenvalue weighted by molar-refractivity contribution is 4.78. The highest BCUT2D eigenvalue weighted by Gasteiger charge is 2.20. The summed E-state index contributed by atoms with van der Waals surface area (Å²) in [6, 6.07) is 0.792. The Kier molecular flexibility index (Phi) is 5.49. The van der Waals surface area contributed by atoms with Crippen LogP contribution in [0.25, 0.3) is 0 Å². The molecule has 0 heterocycles. The van der Waals surface area contributed by atoms with Crippen LogP contribution in [0.3, 0.4) is 0 Å². The molecule has 0 radical (unpaired) electrons. The molecular weight excluding hydrogens is 172 g/mol. The van der Waals surface area contributed by atoms with Gasteiger partial charge in [0.1, 0.15) is 0 Å². The third kappa shape index (κ3) is 3.97. The third-order valence-corrected chi connectivity index (χ3v) is 3.59. The van der Waals surface area contributed by atoms with Crippen molar-refractivity contribution >= 4 is 0 Å². The summed E-state index contributed by atoms with van der Waals surface area (Å²) in [5.74, 6) is 1.66. The first-order valence-electron chi connectivity index (χ1n) is 6.19. The van der Waals surface area contributed by atoms with E-state index in [9.17, 15) is 0 Å². The molecule has 0 aromatic carbocycles. The highest BCUT2D eigenvalue weighted by Crippen LogP contribution is 2.24. The molecule has 3 atom stereocenters. The van der Waals surface area contributed by atoms with E-state index < -0.39 is 0 Å². The fourth-order valence-corrected chi connectivity index (χ4v) is 2.37. The molecule has 0 aromatic heterocycles. The average Bonchev–Trinajstić information content (AvgIpc) is 2.59. The molecule has 3 unspecified atom stereocenters. The molecule has 0 bridgehead atoms. The van der Waals surface area contributed by atoms with Gasteiger partial charge >= 0.3 is 0 Å². The van der Waals surface area contributed by atoms with Gasteiger partial charge in [0.2, 0.25) is 0 Å². The highest BCUT2D eigenvalue weighted by atomic mass is 14.9. The number of hydrogen-bond acceptors (Lipinski definition) is 2. The van der Waals surface area contributed by atoms with E-state index in [2.05, 4.69) is 19.2 Å². The van der Waals surface area contributed by atoms with Crippen molar-refractivity contribution in [3.63, 3.8) is 0 Å². The van der Waals surface area contributed by atoms with Crippen molar-refractivity contribution in [2.45, 2.75) is 52.0 Å². The van der Waals surface area contributed by atoms with Crippen molar-refractivity contribution in [1.82, 2.24) is 5.32 Å². The molecular formula is C12H26N2. The Balaban J connectivity index is 2.03. The number of rotatable bonds is 6. The van der Waals surface area contributed by atoms with Crippen LogP contribution >= 0.6 is 0 Å². The SMILES string of the molecule is CCC(CN)CCNC1CCC(C)C1. The molecule has 2 heteroatoms. The molecule has 2 nitrogen and oxygen atoms in total. The second-order valence-electron chi connectivity index (χ2n) is 4.87. The summed E-state index contributed by atoms with van der Waals surface area (Å²) in [4.78, 5) is 0. The van der Waals surface area contributed by atoms with Gasteiger partial charge in [0.25, 0.3) is 0 Å². The maximum absolute atomic E-state index is 5.67. The molecule has 1 fully saturated rings. The van der Waals surface area contributed by atoms with Gasteiger partial charge in [-0.1, -0.05) is 20.3 Å². The van der Waals surface area contributed by atoms with Crippen molar-refractivity contribution < 1.29 is 0 Å². The fraction of sp³-hybridized carbons (Fsp3) is 1.00. The fourth-order valence-electron chi connectivity index (χ4n) is 2.37. The maximum atomic E-state index is 5.67. The smallest absolute Gasteiger partial charge is 0.00697 e. The van der Waals surface area contributed by atoms with Crippen LogP contribution < -0.4 is 11.1 Å². The maximum Gasteiger partial charge on any atom is 0.00697 e. The second kappa shape index (κ2) is 6.41. The number of hydrogen-bond donors (Lipinski definition) is 2. The van der Waals surface area contributed by atoms with E-state index in [0.29, 0.717) is 0 Å². The molecule has 0 saturated heterocycles. The lowest BCUT2D eigenvalue weighted by atomic mass is 10.0. The van der Waals surface area contributed by atoms with Gasteiger partial charge in [-0.15, -0.1) is 0 Å². The summed E-state index contributed by atoms with van der Waals surface area (Å²) in [7, 11) is 0. The second-order valence-corrected chi connectivity index (χ2v) is 4.87. The quantitative estimate of drug-likeness (QED) is 0.686. The summed E-state index contributed by atoms with van der Waals surface area (Å²) >= 11 is 0. The molecule has 14 heavy (non-hydrogen) atoms. The minimum absolute atomic E-state index is 0.723. The predicted molar refractivity (Wildman–Crippen MR) is 62.3 cm³/mol.